The van der Waals surface area contributed by atoms with Gasteiger partial charge in [0, 0.05) is 11.4 Å². The van der Waals surface area contributed by atoms with Crippen molar-refractivity contribution in [2.75, 3.05) is 11.1 Å². The Hall–Kier alpha value is -1.87. The number of thioether (sulfide) groups is 1. The number of hydrogen-bond acceptors (Lipinski definition) is 7. The highest BCUT2D eigenvalue weighted by atomic mass is 32.2. The molecule has 0 atom stereocenters. The van der Waals surface area contributed by atoms with Gasteiger partial charge >= 0.3 is 5.97 Å². The van der Waals surface area contributed by atoms with E-state index in [1.165, 1.54) is 28.0 Å². The molecule has 0 radical (unpaired) electrons. The molecular formula is C18H24N4O3S2. The first-order valence-corrected chi connectivity index (χ1v) is 11.0. The van der Waals surface area contributed by atoms with E-state index in [2.05, 4.69) is 15.5 Å². The lowest BCUT2D eigenvalue weighted by Gasteiger charge is -2.14. The van der Waals surface area contributed by atoms with Crippen molar-refractivity contribution in [3.05, 3.63) is 22.3 Å². The van der Waals surface area contributed by atoms with E-state index in [9.17, 15) is 9.59 Å². The molecule has 1 aliphatic carbocycles. The van der Waals surface area contributed by atoms with Gasteiger partial charge in [0.1, 0.15) is 11.3 Å². The van der Waals surface area contributed by atoms with Crippen molar-refractivity contribution in [3.63, 3.8) is 0 Å². The lowest BCUT2D eigenvalue weighted by Crippen LogP contribution is -2.19. The van der Waals surface area contributed by atoms with Crippen molar-refractivity contribution >= 4 is 40.0 Å². The normalized spacial score (nSPS) is 13.5. The van der Waals surface area contributed by atoms with Crippen LogP contribution in [0.1, 0.15) is 54.4 Å². The predicted octanol–water partition coefficient (Wildman–Crippen LogP) is 3.53. The van der Waals surface area contributed by atoms with Crippen LogP contribution >= 0.6 is 23.1 Å². The van der Waals surface area contributed by atoms with Crippen LogP contribution in [0, 0.1) is 0 Å². The fourth-order valence-corrected chi connectivity index (χ4v) is 5.08. The second kappa shape index (κ2) is 8.88. The van der Waals surface area contributed by atoms with E-state index in [1.807, 2.05) is 25.3 Å². The molecule has 0 aliphatic heterocycles. The number of rotatable bonds is 7. The summed E-state index contributed by atoms with van der Waals surface area (Å²) >= 11 is 2.83. The molecule has 0 unspecified atom stereocenters. The van der Waals surface area contributed by atoms with Crippen LogP contribution in [-0.4, -0.2) is 38.5 Å². The van der Waals surface area contributed by atoms with E-state index in [-0.39, 0.29) is 23.7 Å². The zero-order valence-electron chi connectivity index (χ0n) is 15.8. The summed E-state index contributed by atoms with van der Waals surface area (Å²) in [5.74, 6) is -0.305. The minimum Gasteiger partial charge on any atom is -0.459 e. The second-order valence-corrected chi connectivity index (χ2v) is 8.65. The third kappa shape index (κ3) is 4.70. The van der Waals surface area contributed by atoms with Crippen LogP contribution in [0.2, 0.25) is 0 Å². The number of thiophene rings is 1. The van der Waals surface area contributed by atoms with Gasteiger partial charge in [-0.2, -0.15) is 0 Å². The predicted molar refractivity (Wildman–Crippen MR) is 107 cm³/mol. The zero-order valence-corrected chi connectivity index (χ0v) is 17.4. The Bertz CT molecular complexity index is 829. The molecule has 0 saturated carbocycles. The Morgan fingerprint density at radius 3 is 2.89 bits per heavy atom. The van der Waals surface area contributed by atoms with Gasteiger partial charge in [-0.15, -0.1) is 21.5 Å². The number of aryl methyl sites for hydroxylation is 2. The van der Waals surface area contributed by atoms with Gasteiger partial charge in [0.05, 0.1) is 17.4 Å². The smallest absolute Gasteiger partial charge is 0.341 e. The summed E-state index contributed by atoms with van der Waals surface area (Å²) in [4.78, 5) is 26.3. The Kier molecular flexibility index (Phi) is 6.54. The van der Waals surface area contributed by atoms with Crippen LogP contribution in [-0.2, 0) is 28.9 Å². The summed E-state index contributed by atoms with van der Waals surface area (Å²) in [6.45, 7) is 6.40. The molecule has 2 heterocycles. The summed E-state index contributed by atoms with van der Waals surface area (Å²) in [6.07, 6.45) is 5.43. The maximum atomic E-state index is 12.6. The molecule has 3 rings (SSSR count). The summed E-state index contributed by atoms with van der Waals surface area (Å²) in [5, 5.41) is 12.1. The largest absolute Gasteiger partial charge is 0.459 e. The van der Waals surface area contributed by atoms with E-state index in [0.29, 0.717) is 15.7 Å². The Balaban J connectivity index is 1.74. The number of amides is 1. The zero-order chi connectivity index (χ0) is 19.4. The molecule has 9 heteroatoms. The lowest BCUT2D eigenvalue weighted by atomic mass is 9.95. The number of esters is 1. The minimum atomic E-state index is -0.349. The summed E-state index contributed by atoms with van der Waals surface area (Å²) in [5.41, 5.74) is 1.59. The van der Waals surface area contributed by atoms with Crippen LogP contribution in [0.5, 0.6) is 0 Å². The molecule has 0 bridgehead atoms. The van der Waals surface area contributed by atoms with Gasteiger partial charge in [-0.25, -0.2) is 4.79 Å². The molecule has 0 aromatic carbocycles. The standard InChI is InChI=1S/C18H24N4O3S2/c1-4-22-10-19-21-18(22)26-9-14(23)20-16-15(17(24)25-11(2)3)12-7-5-6-8-13(12)27-16/h10-11H,4-9H2,1-3H3,(H,20,23). The quantitative estimate of drug-likeness (QED) is 0.557. The van der Waals surface area contributed by atoms with Crippen LogP contribution in [0.15, 0.2) is 11.5 Å². The highest BCUT2D eigenvalue weighted by molar-refractivity contribution is 7.99. The highest BCUT2D eigenvalue weighted by Crippen LogP contribution is 2.38. The number of carbonyl (C=O) groups is 2. The first-order chi connectivity index (χ1) is 13.0. The van der Waals surface area contributed by atoms with Gasteiger partial charge < -0.3 is 14.6 Å². The third-order valence-corrected chi connectivity index (χ3v) is 6.41. The highest BCUT2D eigenvalue weighted by Gasteiger charge is 2.27. The van der Waals surface area contributed by atoms with E-state index < -0.39 is 0 Å². The van der Waals surface area contributed by atoms with Crippen molar-refractivity contribution in [2.24, 2.45) is 0 Å². The van der Waals surface area contributed by atoms with Gasteiger partial charge in [0.25, 0.3) is 0 Å². The number of fused-ring (bicyclic) bond motifs is 1. The van der Waals surface area contributed by atoms with E-state index >= 15 is 0 Å². The molecule has 7 nitrogen and oxygen atoms in total. The first kappa shape index (κ1) is 19.9. The van der Waals surface area contributed by atoms with Gasteiger partial charge in [-0.05, 0) is 52.0 Å². The molecule has 0 saturated heterocycles. The number of nitrogens with zero attached hydrogens (tertiary/aromatic N) is 3. The molecular weight excluding hydrogens is 384 g/mol. The minimum absolute atomic E-state index is 0.164. The molecule has 146 valence electrons. The maximum Gasteiger partial charge on any atom is 0.341 e. The van der Waals surface area contributed by atoms with Crippen LogP contribution in [0.25, 0.3) is 0 Å². The van der Waals surface area contributed by atoms with Gasteiger partial charge in [-0.1, -0.05) is 11.8 Å². The summed E-state index contributed by atoms with van der Waals surface area (Å²) < 4.78 is 7.30. The van der Waals surface area contributed by atoms with Crippen molar-refractivity contribution in [2.45, 2.75) is 64.3 Å². The molecule has 2 aromatic rings. The fourth-order valence-electron chi connectivity index (χ4n) is 3.01. The summed E-state index contributed by atoms with van der Waals surface area (Å²) in [7, 11) is 0. The van der Waals surface area contributed by atoms with Gasteiger partial charge in [0.2, 0.25) is 5.91 Å². The number of nitrogens with one attached hydrogen (secondary N) is 1. The fraction of sp³-hybridized carbons (Fsp3) is 0.556. The average Bonchev–Trinajstić information content (AvgIpc) is 3.22. The third-order valence-electron chi connectivity index (χ3n) is 4.22. The topological polar surface area (TPSA) is 86.1 Å². The molecule has 2 aromatic heterocycles. The molecule has 1 N–H and O–H groups in total. The van der Waals surface area contributed by atoms with Gasteiger partial charge in [0.15, 0.2) is 5.16 Å². The molecule has 0 spiro atoms. The molecule has 1 aliphatic rings. The summed E-state index contributed by atoms with van der Waals surface area (Å²) in [6, 6.07) is 0. The Labute approximate surface area is 166 Å². The number of aromatic nitrogens is 3. The van der Waals surface area contributed by atoms with E-state index in [1.54, 1.807) is 6.33 Å². The van der Waals surface area contributed by atoms with Crippen molar-refractivity contribution in [1.82, 2.24) is 14.8 Å². The SMILES string of the molecule is CCn1cnnc1SCC(=O)Nc1sc2c(c1C(=O)OC(C)C)CCCC2. The lowest BCUT2D eigenvalue weighted by molar-refractivity contribution is -0.113. The molecule has 27 heavy (non-hydrogen) atoms. The van der Waals surface area contributed by atoms with Crippen molar-refractivity contribution in [1.29, 1.82) is 0 Å². The number of carbonyl (C=O) groups excluding carboxylic acids is 2. The van der Waals surface area contributed by atoms with Crippen molar-refractivity contribution < 1.29 is 14.3 Å². The van der Waals surface area contributed by atoms with E-state index in [0.717, 1.165) is 37.8 Å². The number of hydrogen-bond donors (Lipinski definition) is 1. The second-order valence-electron chi connectivity index (χ2n) is 6.61. The molecule has 1 amide bonds. The van der Waals surface area contributed by atoms with Crippen LogP contribution in [0.3, 0.4) is 0 Å². The van der Waals surface area contributed by atoms with Crippen molar-refractivity contribution in [3.8, 4) is 0 Å². The maximum absolute atomic E-state index is 12.6. The number of ether oxygens (including phenoxy) is 1. The average molecular weight is 409 g/mol. The van der Waals surface area contributed by atoms with E-state index in [4.69, 9.17) is 4.74 Å². The Morgan fingerprint density at radius 2 is 2.15 bits per heavy atom. The number of anilines is 1. The van der Waals surface area contributed by atoms with Crippen LogP contribution < -0.4 is 5.32 Å². The monoisotopic (exact) mass is 408 g/mol. The van der Waals surface area contributed by atoms with Crippen LogP contribution in [0.4, 0.5) is 5.00 Å². The first-order valence-electron chi connectivity index (χ1n) is 9.15. The molecule has 0 fully saturated rings. The van der Waals surface area contributed by atoms with Gasteiger partial charge in [-0.3, -0.25) is 4.79 Å². The Morgan fingerprint density at radius 1 is 1.37 bits per heavy atom.